The number of hydrogen-bond donors (Lipinski definition) is 2. The minimum Gasteiger partial charge on any atom is -0.439 e. The maximum atomic E-state index is 6.05. The highest BCUT2D eigenvalue weighted by Gasteiger charge is 2.10. The molecule has 26 heavy (non-hydrogen) atoms. The van der Waals surface area contributed by atoms with Crippen LogP contribution in [0.3, 0.4) is 0 Å². The average molecular weight is 394 g/mol. The molecule has 1 aliphatic heterocycles. The summed E-state index contributed by atoms with van der Waals surface area (Å²) in [5, 5.41) is 6.78. The molecule has 138 valence electrons. The Morgan fingerprint density at radius 3 is 2.77 bits per heavy atom. The number of aromatic nitrogens is 2. The lowest BCUT2D eigenvalue weighted by molar-refractivity contribution is 0.0389. The zero-order valence-electron chi connectivity index (χ0n) is 14.2. The van der Waals surface area contributed by atoms with Gasteiger partial charge in [0.15, 0.2) is 5.11 Å². The highest BCUT2D eigenvalue weighted by Crippen LogP contribution is 2.22. The average Bonchev–Trinajstić information content (AvgIpc) is 2.63. The van der Waals surface area contributed by atoms with Crippen LogP contribution >= 0.6 is 23.8 Å². The SMILES string of the molecule is S=C(NCCN1CCOCC1)Nc1nc(Cl)cc(Oc2ccccc2)n1. The van der Waals surface area contributed by atoms with Gasteiger partial charge in [-0.15, -0.1) is 0 Å². The predicted octanol–water partition coefficient (Wildman–Crippen LogP) is 2.54. The van der Waals surface area contributed by atoms with Gasteiger partial charge >= 0.3 is 0 Å². The van der Waals surface area contributed by atoms with E-state index in [1.807, 2.05) is 30.3 Å². The molecule has 0 bridgehead atoms. The van der Waals surface area contributed by atoms with Crippen molar-refractivity contribution in [3.8, 4) is 11.6 Å². The van der Waals surface area contributed by atoms with E-state index in [9.17, 15) is 0 Å². The van der Waals surface area contributed by atoms with Gasteiger partial charge in [0, 0.05) is 32.2 Å². The fourth-order valence-corrected chi connectivity index (χ4v) is 2.78. The Bertz CT molecular complexity index is 728. The number of hydrogen-bond acceptors (Lipinski definition) is 6. The topological polar surface area (TPSA) is 71.5 Å². The fourth-order valence-electron chi connectivity index (χ4n) is 2.41. The van der Waals surface area contributed by atoms with Gasteiger partial charge in [0.25, 0.3) is 0 Å². The van der Waals surface area contributed by atoms with Gasteiger partial charge in [0.1, 0.15) is 10.9 Å². The zero-order valence-corrected chi connectivity index (χ0v) is 15.7. The molecule has 0 radical (unpaired) electrons. The monoisotopic (exact) mass is 393 g/mol. The summed E-state index contributed by atoms with van der Waals surface area (Å²) in [6, 6.07) is 10.9. The van der Waals surface area contributed by atoms with E-state index in [1.54, 1.807) is 6.07 Å². The van der Waals surface area contributed by atoms with E-state index < -0.39 is 0 Å². The maximum absolute atomic E-state index is 6.05. The van der Waals surface area contributed by atoms with Gasteiger partial charge in [0.05, 0.1) is 13.2 Å². The third-order valence-corrected chi connectivity index (χ3v) is 4.12. The van der Waals surface area contributed by atoms with Crippen molar-refractivity contribution in [3.63, 3.8) is 0 Å². The second-order valence-electron chi connectivity index (χ2n) is 5.60. The molecule has 7 nitrogen and oxygen atoms in total. The van der Waals surface area contributed by atoms with Crippen molar-refractivity contribution >= 4 is 34.9 Å². The van der Waals surface area contributed by atoms with E-state index in [-0.39, 0.29) is 11.1 Å². The van der Waals surface area contributed by atoms with Gasteiger partial charge in [-0.1, -0.05) is 29.8 Å². The van der Waals surface area contributed by atoms with Gasteiger partial charge < -0.3 is 20.1 Å². The number of thiocarbonyl (C=S) groups is 1. The Hall–Kier alpha value is -2.00. The molecule has 0 amide bonds. The number of nitrogens with one attached hydrogen (secondary N) is 2. The standard InChI is InChI=1S/C17H20ClN5O2S/c18-14-12-15(25-13-4-2-1-3-5-13)21-16(20-14)22-17(26)19-6-7-23-8-10-24-11-9-23/h1-5,12H,6-11H2,(H2,19,20,21,22,26). The molecule has 0 atom stereocenters. The molecule has 3 rings (SSSR count). The van der Waals surface area contributed by atoms with Crippen LogP contribution < -0.4 is 15.4 Å². The van der Waals surface area contributed by atoms with Crippen LogP contribution in [0.2, 0.25) is 5.15 Å². The quantitative estimate of drug-likeness (QED) is 0.573. The summed E-state index contributed by atoms with van der Waals surface area (Å²) >= 11 is 11.3. The molecular formula is C17H20ClN5O2S. The second-order valence-corrected chi connectivity index (χ2v) is 6.40. The normalized spacial score (nSPS) is 14.7. The number of halogens is 1. The molecule has 2 aromatic rings. The molecule has 1 aromatic heterocycles. The smallest absolute Gasteiger partial charge is 0.233 e. The molecule has 2 heterocycles. The summed E-state index contributed by atoms with van der Waals surface area (Å²) in [7, 11) is 0. The number of anilines is 1. The Morgan fingerprint density at radius 1 is 1.23 bits per heavy atom. The maximum Gasteiger partial charge on any atom is 0.233 e. The van der Waals surface area contributed by atoms with Crippen molar-refractivity contribution < 1.29 is 9.47 Å². The van der Waals surface area contributed by atoms with E-state index in [2.05, 4.69) is 25.5 Å². The van der Waals surface area contributed by atoms with Crippen LogP contribution in [0.25, 0.3) is 0 Å². The molecule has 0 spiro atoms. The van der Waals surface area contributed by atoms with Gasteiger partial charge in [-0.25, -0.2) is 4.98 Å². The molecule has 1 fully saturated rings. The Kier molecular flexibility index (Phi) is 6.96. The Labute approximate surface area is 162 Å². The lowest BCUT2D eigenvalue weighted by Crippen LogP contribution is -2.42. The number of rotatable bonds is 6. The van der Waals surface area contributed by atoms with E-state index in [0.29, 0.717) is 16.7 Å². The van der Waals surface area contributed by atoms with Crippen molar-refractivity contribution in [2.45, 2.75) is 0 Å². The summed E-state index contributed by atoms with van der Waals surface area (Å²) in [6.07, 6.45) is 0. The van der Waals surface area contributed by atoms with Gasteiger partial charge in [-0.3, -0.25) is 4.90 Å². The van der Waals surface area contributed by atoms with Crippen LogP contribution in [0.15, 0.2) is 36.4 Å². The van der Waals surface area contributed by atoms with E-state index in [4.69, 9.17) is 33.3 Å². The molecule has 0 aliphatic carbocycles. The first-order chi connectivity index (χ1) is 12.7. The lowest BCUT2D eigenvalue weighted by atomic mass is 10.3. The third-order valence-electron chi connectivity index (χ3n) is 3.68. The number of benzene rings is 1. The van der Waals surface area contributed by atoms with Crippen LogP contribution in [-0.2, 0) is 4.74 Å². The summed E-state index contributed by atoms with van der Waals surface area (Å²) in [4.78, 5) is 10.7. The Morgan fingerprint density at radius 2 is 2.00 bits per heavy atom. The van der Waals surface area contributed by atoms with Crippen molar-refractivity contribution in [1.29, 1.82) is 0 Å². The summed E-state index contributed by atoms with van der Waals surface area (Å²) in [5.74, 6) is 1.29. The summed E-state index contributed by atoms with van der Waals surface area (Å²) in [6.45, 7) is 5.06. The van der Waals surface area contributed by atoms with Crippen molar-refractivity contribution in [2.75, 3.05) is 44.7 Å². The lowest BCUT2D eigenvalue weighted by Gasteiger charge is -2.26. The highest BCUT2D eigenvalue weighted by atomic mass is 35.5. The first-order valence-electron chi connectivity index (χ1n) is 8.31. The first kappa shape index (κ1) is 18.8. The van der Waals surface area contributed by atoms with Crippen LogP contribution in [0, 0.1) is 0 Å². The zero-order chi connectivity index (χ0) is 18.2. The van der Waals surface area contributed by atoms with Crippen LogP contribution in [-0.4, -0.2) is 59.4 Å². The van der Waals surface area contributed by atoms with Crippen LogP contribution in [0.5, 0.6) is 11.6 Å². The molecule has 0 unspecified atom stereocenters. The summed E-state index contributed by atoms with van der Waals surface area (Å²) < 4.78 is 11.0. The highest BCUT2D eigenvalue weighted by molar-refractivity contribution is 7.80. The molecule has 0 saturated carbocycles. The van der Waals surface area contributed by atoms with Gasteiger partial charge in [-0.05, 0) is 24.4 Å². The van der Waals surface area contributed by atoms with Crippen molar-refractivity contribution in [3.05, 3.63) is 41.6 Å². The first-order valence-corrected chi connectivity index (χ1v) is 9.10. The minimum atomic E-state index is 0.268. The summed E-state index contributed by atoms with van der Waals surface area (Å²) in [5.41, 5.74) is 0. The predicted molar refractivity (Wildman–Crippen MR) is 105 cm³/mol. The third kappa shape index (κ3) is 6.06. The molecule has 1 saturated heterocycles. The molecule has 9 heteroatoms. The van der Waals surface area contributed by atoms with E-state index >= 15 is 0 Å². The van der Waals surface area contributed by atoms with E-state index in [0.717, 1.165) is 39.4 Å². The number of nitrogens with zero attached hydrogens (tertiary/aromatic N) is 3. The second kappa shape index (κ2) is 9.63. The molecule has 1 aromatic carbocycles. The van der Waals surface area contributed by atoms with Crippen LogP contribution in [0.4, 0.5) is 5.95 Å². The van der Waals surface area contributed by atoms with Gasteiger partial charge in [-0.2, -0.15) is 4.98 Å². The molecular weight excluding hydrogens is 374 g/mol. The largest absolute Gasteiger partial charge is 0.439 e. The molecule has 1 aliphatic rings. The molecule has 2 N–H and O–H groups in total. The van der Waals surface area contributed by atoms with Gasteiger partial charge in [0.2, 0.25) is 11.8 Å². The van der Waals surface area contributed by atoms with Crippen molar-refractivity contribution in [2.24, 2.45) is 0 Å². The number of morpholine rings is 1. The fraction of sp³-hybridized carbons (Fsp3) is 0.353. The number of ether oxygens (including phenoxy) is 2. The Balaban J connectivity index is 1.51. The van der Waals surface area contributed by atoms with Crippen molar-refractivity contribution in [1.82, 2.24) is 20.2 Å². The van der Waals surface area contributed by atoms with E-state index in [1.165, 1.54) is 0 Å². The number of para-hydroxylation sites is 1. The van der Waals surface area contributed by atoms with Crippen LogP contribution in [0.1, 0.15) is 0 Å². The minimum absolute atomic E-state index is 0.268.